The molecule has 0 fully saturated rings. The van der Waals surface area contributed by atoms with Gasteiger partial charge in [-0.2, -0.15) is 0 Å². The van der Waals surface area contributed by atoms with Crippen LogP contribution >= 0.6 is 23.4 Å². The molecular formula is C20H12ClFN2O2S. The predicted octanol–water partition coefficient (Wildman–Crippen LogP) is 5.45. The molecule has 1 heterocycles. The van der Waals surface area contributed by atoms with Gasteiger partial charge < -0.3 is 10.6 Å². The molecule has 7 heteroatoms. The van der Waals surface area contributed by atoms with E-state index < -0.39 is 11.7 Å². The summed E-state index contributed by atoms with van der Waals surface area (Å²) in [5.41, 5.74) is 1.77. The van der Waals surface area contributed by atoms with E-state index in [-0.39, 0.29) is 11.5 Å². The number of amides is 2. The van der Waals surface area contributed by atoms with E-state index in [9.17, 15) is 14.0 Å². The molecule has 4 rings (SSSR count). The van der Waals surface area contributed by atoms with Crippen LogP contribution in [-0.2, 0) is 0 Å². The van der Waals surface area contributed by atoms with Crippen LogP contribution in [0.5, 0.6) is 0 Å². The topological polar surface area (TPSA) is 58.2 Å². The molecule has 4 nitrogen and oxygen atoms in total. The summed E-state index contributed by atoms with van der Waals surface area (Å²) in [4.78, 5) is 26.4. The SMILES string of the molecule is O=C(Nc1ccc(Cl)cc1)c1ccc2c(c1)NC(=O)c1cc(F)ccc1S2. The van der Waals surface area contributed by atoms with Crippen LogP contribution in [-0.4, -0.2) is 11.8 Å². The second kappa shape index (κ2) is 7.06. The highest BCUT2D eigenvalue weighted by Crippen LogP contribution is 2.39. The van der Waals surface area contributed by atoms with Gasteiger partial charge in [-0.3, -0.25) is 9.59 Å². The molecule has 2 N–H and O–H groups in total. The van der Waals surface area contributed by atoms with Gasteiger partial charge in [-0.15, -0.1) is 0 Å². The lowest BCUT2D eigenvalue weighted by molar-refractivity contribution is 0.101. The summed E-state index contributed by atoms with van der Waals surface area (Å²) in [6, 6.07) is 15.9. The van der Waals surface area contributed by atoms with E-state index in [4.69, 9.17) is 11.6 Å². The van der Waals surface area contributed by atoms with E-state index >= 15 is 0 Å². The third kappa shape index (κ3) is 3.67. The second-order valence-electron chi connectivity index (χ2n) is 5.87. The van der Waals surface area contributed by atoms with Gasteiger partial charge in [0.05, 0.1) is 11.3 Å². The lowest BCUT2D eigenvalue weighted by Gasteiger charge is -2.10. The van der Waals surface area contributed by atoms with Gasteiger partial charge in [-0.05, 0) is 60.7 Å². The molecule has 0 bridgehead atoms. The summed E-state index contributed by atoms with van der Waals surface area (Å²) in [5, 5.41) is 6.10. The number of carbonyl (C=O) groups is 2. The molecule has 0 aromatic heterocycles. The van der Waals surface area contributed by atoms with Crippen molar-refractivity contribution in [2.75, 3.05) is 10.6 Å². The number of carbonyl (C=O) groups excluding carboxylic acids is 2. The fraction of sp³-hybridized carbons (Fsp3) is 0. The fourth-order valence-corrected chi connectivity index (χ4v) is 3.79. The summed E-state index contributed by atoms with van der Waals surface area (Å²) < 4.78 is 13.5. The summed E-state index contributed by atoms with van der Waals surface area (Å²) in [5.74, 6) is -1.20. The number of hydrogen-bond acceptors (Lipinski definition) is 3. The summed E-state index contributed by atoms with van der Waals surface area (Å²) >= 11 is 7.19. The van der Waals surface area contributed by atoms with E-state index in [0.29, 0.717) is 26.9 Å². The van der Waals surface area contributed by atoms with Gasteiger partial charge in [-0.25, -0.2) is 4.39 Å². The highest BCUT2D eigenvalue weighted by Gasteiger charge is 2.21. The standard InChI is InChI=1S/C20H12ClFN2O2S/c21-12-2-5-14(6-3-12)23-19(25)11-1-7-18-16(9-11)24-20(26)15-10-13(22)4-8-17(15)27-18/h1-10H,(H,23,25)(H,24,26). The van der Waals surface area contributed by atoms with E-state index in [2.05, 4.69) is 10.6 Å². The molecule has 0 aliphatic carbocycles. The molecule has 2 amide bonds. The van der Waals surface area contributed by atoms with Crippen LogP contribution in [0.15, 0.2) is 70.5 Å². The summed E-state index contributed by atoms with van der Waals surface area (Å²) in [6.07, 6.45) is 0. The quantitative estimate of drug-likeness (QED) is 0.603. The minimum Gasteiger partial charge on any atom is -0.322 e. The van der Waals surface area contributed by atoms with Crippen LogP contribution in [0.25, 0.3) is 0 Å². The van der Waals surface area contributed by atoms with Crippen LogP contribution in [0, 0.1) is 5.82 Å². The molecule has 0 spiro atoms. The van der Waals surface area contributed by atoms with E-state index in [1.54, 1.807) is 48.5 Å². The third-order valence-electron chi connectivity index (χ3n) is 4.00. The Kier molecular flexibility index (Phi) is 4.59. The van der Waals surface area contributed by atoms with Gasteiger partial charge in [0.2, 0.25) is 0 Å². The predicted molar refractivity (Wildman–Crippen MR) is 104 cm³/mol. The van der Waals surface area contributed by atoms with Crippen LogP contribution in [0.1, 0.15) is 20.7 Å². The van der Waals surface area contributed by atoms with Crippen LogP contribution < -0.4 is 10.6 Å². The maximum Gasteiger partial charge on any atom is 0.256 e. The van der Waals surface area contributed by atoms with Crippen molar-refractivity contribution in [1.82, 2.24) is 0 Å². The van der Waals surface area contributed by atoms with Crippen molar-refractivity contribution in [3.63, 3.8) is 0 Å². The van der Waals surface area contributed by atoms with Crippen molar-refractivity contribution in [2.45, 2.75) is 9.79 Å². The van der Waals surface area contributed by atoms with E-state index in [0.717, 1.165) is 4.90 Å². The van der Waals surface area contributed by atoms with Crippen LogP contribution in [0.4, 0.5) is 15.8 Å². The monoisotopic (exact) mass is 398 g/mol. The normalized spacial score (nSPS) is 12.4. The Balaban J connectivity index is 1.62. The lowest BCUT2D eigenvalue weighted by Crippen LogP contribution is -2.14. The largest absolute Gasteiger partial charge is 0.322 e. The first-order valence-corrected chi connectivity index (χ1v) is 9.19. The molecular weight excluding hydrogens is 387 g/mol. The highest BCUT2D eigenvalue weighted by atomic mass is 35.5. The van der Waals surface area contributed by atoms with Crippen molar-refractivity contribution in [3.05, 3.63) is 82.6 Å². The van der Waals surface area contributed by atoms with Crippen molar-refractivity contribution in [2.24, 2.45) is 0 Å². The Labute approximate surface area is 163 Å². The molecule has 27 heavy (non-hydrogen) atoms. The zero-order chi connectivity index (χ0) is 19.0. The first kappa shape index (κ1) is 17.6. The average molecular weight is 399 g/mol. The van der Waals surface area contributed by atoms with Gasteiger partial charge in [0, 0.05) is 26.1 Å². The molecule has 0 unspecified atom stereocenters. The van der Waals surface area contributed by atoms with Crippen LogP contribution in [0.2, 0.25) is 5.02 Å². The number of nitrogens with one attached hydrogen (secondary N) is 2. The molecule has 3 aromatic rings. The van der Waals surface area contributed by atoms with Gasteiger partial charge in [0.1, 0.15) is 5.82 Å². The Bertz CT molecular complexity index is 1070. The lowest BCUT2D eigenvalue weighted by atomic mass is 10.1. The first-order chi connectivity index (χ1) is 13.0. The fourth-order valence-electron chi connectivity index (χ4n) is 2.67. The highest BCUT2D eigenvalue weighted by molar-refractivity contribution is 7.99. The smallest absolute Gasteiger partial charge is 0.256 e. The Morgan fingerprint density at radius 2 is 1.74 bits per heavy atom. The molecule has 3 aromatic carbocycles. The maximum atomic E-state index is 13.5. The maximum absolute atomic E-state index is 13.5. The molecule has 0 saturated carbocycles. The molecule has 0 atom stereocenters. The molecule has 0 radical (unpaired) electrons. The number of hydrogen-bond donors (Lipinski definition) is 2. The number of rotatable bonds is 2. The van der Waals surface area contributed by atoms with Gasteiger partial charge >= 0.3 is 0 Å². The Morgan fingerprint density at radius 1 is 1.00 bits per heavy atom. The van der Waals surface area contributed by atoms with E-state index in [1.165, 1.54) is 23.9 Å². The Hall–Kier alpha value is -2.83. The zero-order valence-corrected chi connectivity index (χ0v) is 15.3. The zero-order valence-electron chi connectivity index (χ0n) is 13.8. The first-order valence-electron chi connectivity index (χ1n) is 7.99. The molecule has 1 aliphatic rings. The van der Waals surface area contributed by atoms with Crippen molar-refractivity contribution < 1.29 is 14.0 Å². The average Bonchev–Trinajstić information content (AvgIpc) is 2.79. The second-order valence-corrected chi connectivity index (χ2v) is 7.39. The number of fused-ring (bicyclic) bond motifs is 2. The number of benzene rings is 3. The van der Waals surface area contributed by atoms with Gasteiger partial charge in [0.25, 0.3) is 11.8 Å². The number of halogens is 2. The minimum absolute atomic E-state index is 0.267. The van der Waals surface area contributed by atoms with Crippen molar-refractivity contribution in [1.29, 1.82) is 0 Å². The Morgan fingerprint density at radius 3 is 2.52 bits per heavy atom. The minimum atomic E-state index is -0.474. The number of anilines is 2. The molecule has 134 valence electrons. The van der Waals surface area contributed by atoms with Crippen molar-refractivity contribution >= 4 is 46.6 Å². The summed E-state index contributed by atoms with van der Waals surface area (Å²) in [7, 11) is 0. The molecule has 1 aliphatic heterocycles. The summed E-state index contributed by atoms with van der Waals surface area (Å²) in [6.45, 7) is 0. The third-order valence-corrected chi connectivity index (χ3v) is 5.40. The van der Waals surface area contributed by atoms with Gasteiger partial charge in [0.15, 0.2) is 0 Å². The molecule has 0 saturated heterocycles. The van der Waals surface area contributed by atoms with Gasteiger partial charge in [-0.1, -0.05) is 23.4 Å². The van der Waals surface area contributed by atoms with E-state index in [1.807, 2.05) is 0 Å². The van der Waals surface area contributed by atoms with Crippen molar-refractivity contribution in [3.8, 4) is 0 Å². The van der Waals surface area contributed by atoms with Crippen LogP contribution in [0.3, 0.4) is 0 Å².